The molecule has 0 saturated heterocycles. The molecule has 2 aromatic carbocycles. The van der Waals surface area contributed by atoms with E-state index in [1.54, 1.807) is 12.1 Å². The Bertz CT molecular complexity index is 701. The number of ether oxygens (including phenoxy) is 1. The molecule has 2 rings (SSSR count). The lowest BCUT2D eigenvalue weighted by Crippen LogP contribution is -2.22. The van der Waals surface area contributed by atoms with Crippen LogP contribution in [-0.4, -0.2) is 19.5 Å². The van der Waals surface area contributed by atoms with Crippen LogP contribution in [0.5, 0.6) is 5.75 Å². The highest BCUT2D eigenvalue weighted by Crippen LogP contribution is 2.25. The zero-order valence-electron chi connectivity index (χ0n) is 13.5. The van der Waals surface area contributed by atoms with Crippen LogP contribution in [0.1, 0.15) is 16.6 Å². The van der Waals surface area contributed by atoms with Crippen LogP contribution >= 0.6 is 0 Å². The predicted molar refractivity (Wildman–Crippen MR) is 72.8 cm³/mol. The quantitative estimate of drug-likeness (QED) is 0.922. The van der Waals surface area contributed by atoms with Crippen molar-refractivity contribution in [1.29, 1.82) is 0 Å². The Labute approximate surface area is 115 Å². The molecule has 3 nitrogen and oxygen atoms in total. The smallest absolute Gasteiger partial charge is 0.216 e. The van der Waals surface area contributed by atoms with Gasteiger partial charge in [0.1, 0.15) is 11.6 Å². The van der Waals surface area contributed by atoms with Gasteiger partial charge in [-0.05, 0) is 47.0 Å². The largest absolute Gasteiger partial charge is 0.497 e. The molecule has 0 atom stereocenters. The van der Waals surface area contributed by atoms with Crippen molar-refractivity contribution in [3.8, 4) is 5.75 Å². The molecule has 0 aliphatic rings. The van der Waals surface area contributed by atoms with E-state index in [-0.39, 0.29) is 17.5 Å². The second-order valence-corrected chi connectivity index (χ2v) is 4.28. The van der Waals surface area contributed by atoms with E-state index in [4.69, 9.17) is 8.85 Å². The van der Waals surface area contributed by atoms with Gasteiger partial charge in [-0.25, -0.2) is 4.39 Å². The highest BCUT2D eigenvalue weighted by atomic mass is 19.1. The van der Waals surface area contributed by atoms with Gasteiger partial charge in [0.15, 0.2) is 0 Å². The van der Waals surface area contributed by atoms with Crippen molar-refractivity contribution < 1.29 is 18.0 Å². The molecule has 0 heterocycles. The summed E-state index contributed by atoms with van der Waals surface area (Å²) in [5, 5.41) is 4.00. The molecule has 0 radical (unpaired) electrons. The molecule has 1 N–H and O–H groups in total. The van der Waals surface area contributed by atoms with Crippen LogP contribution in [0.2, 0.25) is 0 Å². The maximum atomic E-state index is 13.6. The van der Waals surface area contributed by atoms with Crippen molar-refractivity contribution in [3.05, 3.63) is 41.7 Å². The summed E-state index contributed by atoms with van der Waals surface area (Å²) in [5.74, 6) is -0.346. The Morgan fingerprint density at radius 1 is 1.42 bits per heavy atom. The van der Waals surface area contributed by atoms with Crippen LogP contribution in [0.3, 0.4) is 0 Å². The van der Waals surface area contributed by atoms with Crippen molar-refractivity contribution in [2.75, 3.05) is 13.6 Å². The van der Waals surface area contributed by atoms with E-state index in [1.165, 1.54) is 25.1 Å². The monoisotopic (exact) mass is 264 g/mol. The van der Waals surface area contributed by atoms with Crippen LogP contribution in [0.4, 0.5) is 4.39 Å². The van der Waals surface area contributed by atoms with Crippen molar-refractivity contribution >= 4 is 16.7 Å². The zero-order valence-corrected chi connectivity index (χ0v) is 10.5. The van der Waals surface area contributed by atoms with Gasteiger partial charge < -0.3 is 10.1 Å². The highest BCUT2D eigenvalue weighted by Gasteiger charge is 2.06. The molecular weight excluding hydrogens is 245 g/mol. The lowest BCUT2D eigenvalue weighted by Gasteiger charge is -2.09. The van der Waals surface area contributed by atoms with Gasteiger partial charge in [-0.15, -0.1) is 0 Å². The Kier molecular flexibility index (Phi) is 2.93. The number of hydrogen-bond acceptors (Lipinski definition) is 2. The van der Waals surface area contributed by atoms with Crippen LogP contribution in [0, 0.1) is 5.82 Å². The minimum Gasteiger partial charge on any atom is -0.497 e. The summed E-state index contributed by atoms with van der Waals surface area (Å²) in [4.78, 5) is 10.9. The third kappa shape index (κ3) is 3.22. The van der Waals surface area contributed by atoms with Gasteiger partial charge in [0.25, 0.3) is 0 Å². The first-order chi connectivity index (χ1) is 10.2. The van der Waals surface area contributed by atoms with E-state index in [0.29, 0.717) is 29.3 Å². The molecule has 0 unspecified atom stereocenters. The molecule has 1 amide bonds. The van der Waals surface area contributed by atoms with Crippen LogP contribution in [0.15, 0.2) is 30.3 Å². The number of carbonyl (C=O) groups is 1. The molecular formula is C15H16FNO2. The first-order valence-electron chi connectivity index (χ1n) is 7.40. The van der Waals surface area contributed by atoms with E-state index in [9.17, 15) is 9.18 Å². The maximum absolute atomic E-state index is 13.6. The van der Waals surface area contributed by atoms with Gasteiger partial charge >= 0.3 is 0 Å². The van der Waals surface area contributed by atoms with E-state index in [0.717, 1.165) is 0 Å². The van der Waals surface area contributed by atoms with E-state index in [2.05, 4.69) is 5.32 Å². The van der Waals surface area contributed by atoms with Crippen LogP contribution < -0.4 is 10.1 Å². The molecule has 0 fully saturated rings. The van der Waals surface area contributed by atoms with Crippen LogP contribution in [0.25, 0.3) is 10.8 Å². The van der Waals surface area contributed by atoms with Gasteiger partial charge in [0.05, 0.1) is 11.2 Å². The summed E-state index contributed by atoms with van der Waals surface area (Å²) in [6.45, 7) is 1.78. The van der Waals surface area contributed by atoms with Crippen LogP contribution in [-0.2, 0) is 11.2 Å². The van der Waals surface area contributed by atoms with Gasteiger partial charge in [0, 0.05) is 13.5 Å². The number of benzene rings is 2. The Morgan fingerprint density at radius 3 is 3.00 bits per heavy atom. The molecule has 100 valence electrons. The number of fused-ring (bicyclic) bond motifs is 1. The van der Waals surface area contributed by atoms with Gasteiger partial charge in [-0.3, -0.25) is 4.79 Å². The second-order valence-electron chi connectivity index (χ2n) is 4.28. The van der Waals surface area contributed by atoms with Crippen molar-refractivity contribution in [2.45, 2.75) is 13.3 Å². The van der Waals surface area contributed by atoms with E-state index < -0.39 is 7.04 Å². The van der Waals surface area contributed by atoms with E-state index >= 15 is 0 Å². The SMILES string of the molecule is [2H]C([2H])([2H])Oc1ccc2cc(F)cc(CCNC(C)=O)c2c1. The average Bonchev–Trinajstić information content (AvgIpc) is 2.37. The topological polar surface area (TPSA) is 38.3 Å². The fourth-order valence-electron chi connectivity index (χ4n) is 2.02. The van der Waals surface area contributed by atoms with Crippen molar-refractivity contribution in [1.82, 2.24) is 5.32 Å². The minimum absolute atomic E-state index is 0.160. The molecule has 0 bridgehead atoms. The van der Waals surface area contributed by atoms with Gasteiger partial charge in [0.2, 0.25) is 5.91 Å². The summed E-state index contributed by atoms with van der Waals surface area (Å²) >= 11 is 0. The fraction of sp³-hybridized carbons (Fsp3) is 0.267. The van der Waals surface area contributed by atoms with Gasteiger partial charge in [-0.1, -0.05) is 6.07 Å². The summed E-state index contributed by atoms with van der Waals surface area (Å²) in [6, 6.07) is 7.43. The summed E-state index contributed by atoms with van der Waals surface area (Å²) in [6.07, 6.45) is 0.436. The zero-order chi connectivity index (χ0) is 16.3. The fourth-order valence-corrected chi connectivity index (χ4v) is 2.02. The number of rotatable bonds is 4. The molecule has 0 aliphatic carbocycles. The third-order valence-corrected chi connectivity index (χ3v) is 2.86. The Hall–Kier alpha value is -2.10. The highest BCUT2D eigenvalue weighted by molar-refractivity contribution is 5.87. The maximum Gasteiger partial charge on any atom is 0.216 e. The average molecular weight is 264 g/mol. The lowest BCUT2D eigenvalue weighted by molar-refractivity contribution is -0.118. The second kappa shape index (κ2) is 5.69. The number of nitrogens with one attached hydrogen (secondary N) is 1. The first-order valence-corrected chi connectivity index (χ1v) is 5.90. The van der Waals surface area contributed by atoms with E-state index in [1.807, 2.05) is 0 Å². The number of amides is 1. The Balaban J connectivity index is 2.35. The molecule has 0 spiro atoms. The summed E-state index contributed by atoms with van der Waals surface area (Å²) in [7, 11) is -2.54. The number of methoxy groups -OCH3 is 1. The molecule has 0 saturated carbocycles. The number of halogens is 1. The summed E-state index contributed by atoms with van der Waals surface area (Å²) < 4.78 is 39.9. The van der Waals surface area contributed by atoms with Gasteiger partial charge in [-0.2, -0.15) is 0 Å². The normalized spacial score (nSPS) is 13.5. The number of carbonyl (C=O) groups excluding carboxylic acids is 1. The van der Waals surface area contributed by atoms with Crippen molar-refractivity contribution in [3.63, 3.8) is 0 Å². The van der Waals surface area contributed by atoms with Crippen molar-refractivity contribution in [2.24, 2.45) is 0 Å². The standard InChI is InChI=1S/C15H16FNO2/c1-10(18)17-6-5-12-8-13(16)7-11-3-4-14(19-2)9-15(11)12/h3-4,7-9H,5-6H2,1-2H3,(H,17,18)/i2D3. The third-order valence-electron chi connectivity index (χ3n) is 2.86. The lowest BCUT2D eigenvalue weighted by atomic mass is 10.0. The summed E-state index contributed by atoms with van der Waals surface area (Å²) in [5.41, 5.74) is 0.680. The molecule has 2 aromatic rings. The molecule has 19 heavy (non-hydrogen) atoms. The Morgan fingerprint density at radius 2 is 2.26 bits per heavy atom. The molecule has 4 heteroatoms. The molecule has 0 aromatic heterocycles. The predicted octanol–water partition coefficient (Wildman–Crippen LogP) is 2.67. The number of hydrogen-bond donors (Lipinski definition) is 1. The first kappa shape index (κ1) is 9.78. The molecule has 0 aliphatic heterocycles. The minimum atomic E-state index is -2.54.